The minimum absolute atomic E-state index is 0.0675. The molecule has 2 aliphatic heterocycles. The van der Waals surface area contributed by atoms with Crippen molar-refractivity contribution in [3.05, 3.63) is 29.6 Å². The first kappa shape index (κ1) is 13.9. The van der Waals surface area contributed by atoms with Crippen molar-refractivity contribution in [1.82, 2.24) is 4.90 Å². The fourth-order valence-corrected chi connectivity index (χ4v) is 3.86. The molecule has 2 fully saturated rings. The lowest BCUT2D eigenvalue weighted by atomic mass is 9.95. The van der Waals surface area contributed by atoms with Crippen molar-refractivity contribution >= 4 is 5.69 Å². The Hall–Kier alpha value is -1.09. The molecule has 0 amide bonds. The van der Waals surface area contributed by atoms with Crippen LogP contribution >= 0.6 is 0 Å². The van der Waals surface area contributed by atoms with Gasteiger partial charge in [-0.15, -0.1) is 0 Å². The third-order valence-corrected chi connectivity index (χ3v) is 4.97. The summed E-state index contributed by atoms with van der Waals surface area (Å²) in [5.41, 5.74) is 1.89. The van der Waals surface area contributed by atoms with E-state index in [1.165, 1.54) is 19.4 Å². The van der Waals surface area contributed by atoms with Gasteiger partial charge in [0.25, 0.3) is 0 Å². The number of halogens is 1. The summed E-state index contributed by atoms with van der Waals surface area (Å²) in [4.78, 5) is 4.96. The highest BCUT2D eigenvalue weighted by Gasteiger charge is 2.38. The van der Waals surface area contributed by atoms with Crippen molar-refractivity contribution in [2.45, 2.75) is 45.7 Å². The van der Waals surface area contributed by atoms with Crippen LogP contribution in [0.4, 0.5) is 10.1 Å². The zero-order chi connectivity index (χ0) is 14.3. The molecule has 3 heteroatoms. The number of piperazine rings is 1. The maximum Gasteiger partial charge on any atom is 0.146 e. The van der Waals surface area contributed by atoms with Gasteiger partial charge in [0.2, 0.25) is 0 Å². The van der Waals surface area contributed by atoms with Crippen molar-refractivity contribution in [1.29, 1.82) is 0 Å². The van der Waals surface area contributed by atoms with E-state index in [-0.39, 0.29) is 5.82 Å². The summed E-state index contributed by atoms with van der Waals surface area (Å²) in [5, 5.41) is 0. The average molecular weight is 276 g/mol. The molecule has 0 spiro atoms. The molecule has 0 bridgehead atoms. The Bertz CT molecular complexity index is 466. The van der Waals surface area contributed by atoms with Crippen LogP contribution in [0.5, 0.6) is 0 Å². The number of aryl methyl sites for hydroxylation is 1. The minimum atomic E-state index is -0.0675. The van der Waals surface area contributed by atoms with Gasteiger partial charge >= 0.3 is 0 Å². The maximum absolute atomic E-state index is 14.4. The van der Waals surface area contributed by atoms with Gasteiger partial charge in [0.15, 0.2) is 0 Å². The van der Waals surface area contributed by atoms with Crippen LogP contribution in [0.1, 0.15) is 32.3 Å². The van der Waals surface area contributed by atoms with E-state index in [0.717, 1.165) is 24.3 Å². The fraction of sp³-hybridized carbons (Fsp3) is 0.647. The van der Waals surface area contributed by atoms with Crippen LogP contribution in [-0.4, -0.2) is 36.6 Å². The molecule has 2 heterocycles. The second kappa shape index (κ2) is 5.36. The van der Waals surface area contributed by atoms with Gasteiger partial charge < -0.3 is 4.90 Å². The summed E-state index contributed by atoms with van der Waals surface area (Å²) in [6.45, 7) is 9.81. The van der Waals surface area contributed by atoms with Gasteiger partial charge in [-0.25, -0.2) is 4.39 Å². The maximum atomic E-state index is 14.4. The van der Waals surface area contributed by atoms with Gasteiger partial charge in [0.05, 0.1) is 5.69 Å². The first-order valence-electron chi connectivity index (χ1n) is 7.83. The summed E-state index contributed by atoms with van der Waals surface area (Å²) < 4.78 is 14.4. The lowest BCUT2D eigenvalue weighted by Gasteiger charge is -2.47. The Morgan fingerprint density at radius 3 is 2.75 bits per heavy atom. The highest BCUT2D eigenvalue weighted by molar-refractivity contribution is 5.56. The number of hydrogen-bond acceptors (Lipinski definition) is 2. The molecule has 1 aromatic rings. The largest absolute Gasteiger partial charge is 0.363 e. The second-order valence-electron chi connectivity index (χ2n) is 6.66. The SMILES string of the molecule is Cc1cccc(F)c1N1CC2CCCN2CC1C(C)C. The number of fused-ring (bicyclic) bond motifs is 1. The highest BCUT2D eigenvalue weighted by Crippen LogP contribution is 2.34. The molecule has 0 radical (unpaired) electrons. The molecular formula is C17H25FN2. The van der Waals surface area contributed by atoms with Crippen LogP contribution < -0.4 is 4.90 Å². The number of hydrogen-bond donors (Lipinski definition) is 0. The van der Waals surface area contributed by atoms with E-state index in [0.29, 0.717) is 18.0 Å². The Morgan fingerprint density at radius 2 is 2.05 bits per heavy atom. The average Bonchev–Trinajstić information content (AvgIpc) is 2.84. The third-order valence-electron chi connectivity index (χ3n) is 4.97. The minimum Gasteiger partial charge on any atom is -0.363 e. The summed E-state index contributed by atoms with van der Waals surface area (Å²) in [6, 6.07) is 6.46. The van der Waals surface area contributed by atoms with E-state index in [2.05, 4.69) is 23.6 Å². The number of rotatable bonds is 2. The van der Waals surface area contributed by atoms with E-state index < -0.39 is 0 Å². The fourth-order valence-electron chi connectivity index (χ4n) is 3.86. The van der Waals surface area contributed by atoms with E-state index in [9.17, 15) is 4.39 Å². The van der Waals surface area contributed by atoms with E-state index in [1.807, 2.05) is 19.1 Å². The van der Waals surface area contributed by atoms with Crippen LogP contribution in [-0.2, 0) is 0 Å². The molecule has 2 nitrogen and oxygen atoms in total. The van der Waals surface area contributed by atoms with E-state index in [1.54, 1.807) is 6.07 Å². The molecule has 3 rings (SSSR count). The molecule has 2 atom stereocenters. The number of benzene rings is 1. The summed E-state index contributed by atoms with van der Waals surface area (Å²) in [5.74, 6) is 0.470. The molecule has 0 saturated carbocycles. The van der Waals surface area contributed by atoms with E-state index >= 15 is 0 Å². The molecule has 2 saturated heterocycles. The normalized spacial score (nSPS) is 27.1. The highest BCUT2D eigenvalue weighted by atomic mass is 19.1. The monoisotopic (exact) mass is 276 g/mol. The number of nitrogens with zero attached hydrogens (tertiary/aromatic N) is 2. The lowest BCUT2D eigenvalue weighted by molar-refractivity contribution is 0.176. The van der Waals surface area contributed by atoms with Crippen molar-refractivity contribution in [2.75, 3.05) is 24.5 Å². The van der Waals surface area contributed by atoms with Gasteiger partial charge in [-0.3, -0.25) is 4.90 Å². The standard InChI is InChI=1S/C17H25FN2/c1-12(2)16-11-19-9-5-7-14(19)10-20(16)17-13(3)6-4-8-15(17)18/h4,6,8,12,14,16H,5,7,9-11H2,1-3H3. The van der Waals surface area contributed by atoms with Crippen LogP contribution in [0.3, 0.4) is 0 Å². The smallest absolute Gasteiger partial charge is 0.146 e. The molecule has 0 aromatic heterocycles. The molecule has 20 heavy (non-hydrogen) atoms. The first-order chi connectivity index (χ1) is 9.58. The zero-order valence-electron chi connectivity index (χ0n) is 12.8. The van der Waals surface area contributed by atoms with Crippen LogP contribution in [0, 0.1) is 18.7 Å². The van der Waals surface area contributed by atoms with Crippen LogP contribution in [0.2, 0.25) is 0 Å². The van der Waals surface area contributed by atoms with Crippen molar-refractivity contribution in [3.8, 4) is 0 Å². The molecule has 1 aromatic carbocycles. The molecule has 0 aliphatic carbocycles. The van der Waals surface area contributed by atoms with Gasteiger partial charge in [0.1, 0.15) is 5.82 Å². The first-order valence-corrected chi connectivity index (χ1v) is 7.83. The summed E-state index contributed by atoms with van der Waals surface area (Å²) in [7, 11) is 0. The Balaban J connectivity index is 1.96. The quantitative estimate of drug-likeness (QED) is 0.816. The van der Waals surface area contributed by atoms with Gasteiger partial charge in [-0.05, 0) is 43.9 Å². The van der Waals surface area contributed by atoms with Crippen molar-refractivity contribution in [3.63, 3.8) is 0 Å². The number of para-hydroxylation sites is 1. The Morgan fingerprint density at radius 1 is 1.25 bits per heavy atom. The lowest BCUT2D eigenvalue weighted by Crippen LogP contribution is -2.58. The van der Waals surface area contributed by atoms with E-state index in [4.69, 9.17) is 0 Å². The van der Waals surface area contributed by atoms with Crippen molar-refractivity contribution < 1.29 is 4.39 Å². The molecule has 2 aliphatic rings. The van der Waals surface area contributed by atoms with Gasteiger partial charge in [0, 0.05) is 25.2 Å². The Labute approximate surface area is 121 Å². The predicted octanol–water partition coefficient (Wildman–Crippen LogP) is 3.44. The van der Waals surface area contributed by atoms with Gasteiger partial charge in [-0.1, -0.05) is 26.0 Å². The molecule has 110 valence electrons. The second-order valence-corrected chi connectivity index (χ2v) is 6.66. The van der Waals surface area contributed by atoms with Crippen LogP contribution in [0.15, 0.2) is 18.2 Å². The zero-order valence-corrected chi connectivity index (χ0v) is 12.8. The third kappa shape index (κ3) is 2.32. The molecule has 0 N–H and O–H groups in total. The van der Waals surface area contributed by atoms with Crippen molar-refractivity contribution in [2.24, 2.45) is 5.92 Å². The molecular weight excluding hydrogens is 251 g/mol. The van der Waals surface area contributed by atoms with Gasteiger partial charge in [-0.2, -0.15) is 0 Å². The Kier molecular flexibility index (Phi) is 3.72. The summed E-state index contributed by atoms with van der Waals surface area (Å²) in [6.07, 6.45) is 2.55. The molecule has 2 unspecified atom stereocenters. The topological polar surface area (TPSA) is 6.48 Å². The predicted molar refractivity (Wildman–Crippen MR) is 81.7 cm³/mol. The van der Waals surface area contributed by atoms with Crippen LogP contribution in [0.25, 0.3) is 0 Å². The summed E-state index contributed by atoms with van der Waals surface area (Å²) >= 11 is 0. The number of anilines is 1.